The molecule has 1 aliphatic heterocycles. The fraction of sp³-hybridized carbons (Fsp3) is 0.533. The average molecular weight is 290 g/mol. The van der Waals surface area contributed by atoms with Crippen LogP contribution in [0.3, 0.4) is 0 Å². The minimum absolute atomic E-state index is 0.152. The molecule has 1 aliphatic rings. The molecule has 0 saturated carbocycles. The molecule has 5 heteroatoms. The first-order valence-electron chi connectivity index (χ1n) is 7.22. The third-order valence-electron chi connectivity index (χ3n) is 4.17. The van der Waals surface area contributed by atoms with Crippen molar-refractivity contribution < 1.29 is 0 Å². The summed E-state index contributed by atoms with van der Waals surface area (Å²) in [7, 11) is 1.96. The fourth-order valence-electron chi connectivity index (χ4n) is 3.05. The van der Waals surface area contributed by atoms with Crippen molar-refractivity contribution in [1.82, 2.24) is 14.7 Å². The first kappa shape index (κ1) is 13.8. The van der Waals surface area contributed by atoms with Crippen LogP contribution >= 0.6 is 11.3 Å². The number of aryl methyl sites for hydroxylation is 1. The van der Waals surface area contributed by atoms with Gasteiger partial charge in [-0.1, -0.05) is 6.92 Å². The number of nitrogens with two attached hydrogens (primary N) is 1. The van der Waals surface area contributed by atoms with E-state index in [0.717, 1.165) is 25.9 Å². The summed E-state index contributed by atoms with van der Waals surface area (Å²) in [5, 5.41) is 6.52. The van der Waals surface area contributed by atoms with Gasteiger partial charge in [-0.05, 0) is 29.9 Å². The molecule has 2 N–H and O–H groups in total. The van der Waals surface area contributed by atoms with Crippen LogP contribution < -0.4 is 5.73 Å². The summed E-state index contributed by atoms with van der Waals surface area (Å²) >= 11 is 1.88. The van der Waals surface area contributed by atoms with E-state index in [4.69, 9.17) is 5.73 Å². The van der Waals surface area contributed by atoms with Gasteiger partial charge in [0.2, 0.25) is 0 Å². The summed E-state index contributed by atoms with van der Waals surface area (Å²) in [5.41, 5.74) is 9.12. The Kier molecular flexibility index (Phi) is 3.92. The molecular weight excluding hydrogens is 268 g/mol. The smallest absolute Gasteiger partial charge is 0.0538 e. The molecule has 108 valence electrons. The van der Waals surface area contributed by atoms with Crippen LogP contribution in [0.2, 0.25) is 0 Å². The van der Waals surface area contributed by atoms with E-state index in [1.165, 1.54) is 16.0 Å². The van der Waals surface area contributed by atoms with Crippen molar-refractivity contribution in [3.8, 4) is 0 Å². The molecule has 0 fully saturated rings. The minimum atomic E-state index is 0.152. The zero-order valence-electron chi connectivity index (χ0n) is 12.1. The molecule has 2 unspecified atom stereocenters. The average Bonchev–Trinajstić information content (AvgIpc) is 3.07. The lowest BCUT2D eigenvalue weighted by molar-refractivity contribution is 0.154. The van der Waals surface area contributed by atoms with Gasteiger partial charge in [0.15, 0.2) is 0 Å². The zero-order chi connectivity index (χ0) is 14.1. The predicted molar refractivity (Wildman–Crippen MR) is 82.6 cm³/mol. The third kappa shape index (κ3) is 2.53. The maximum atomic E-state index is 6.41. The Hall–Kier alpha value is -1.17. The lowest BCUT2D eigenvalue weighted by Crippen LogP contribution is -2.42. The SMILES string of the molecule is CCC(N)C(c1cnn(C)c1)N1CCc2sccc2C1. The standard InChI is InChI=1S/C15H22N4S/c1-3-13(16)15(12-8-17-18(2)9-12)19-6-4-14-11(10-19)5-7-20-14/h5,7-9,13,15H,3-4,6,10,16H2,1-2H3. The van der Waals surface area contributed by atoms with E-state index in [1.807, 2.05) is 29.3 Å². The topological polar surface area (TPSA) is 47.1 Å². The maximum Gasteiger partial charge on any atom is 0.0538 e. The highest BCUT2D eigenvalue weighted by Gasteiger charge is 2.29. The molecule has 4 nitrogen and oxygen atoms in total. The van der Waals surface area contributed by atoms with Crippen molar-refractivity contribution in [1.29, 1.82) is 0 Å². The minimum Gasteiger partial charge on any atom is -0.326 e. The molecule has 3 rings (SSSR count). The van der Waals surface area contributed by atoms with E-state index in [-0.39, 0.29) is 12.1 Å². The Balaban J connectivity index is 1.87. The van der Waals surface area contributed by atoms with Crippen LogP contribution in [0.4, 0.5) is 0 Å². The molecule has 0 spiro atoms. The Labute approximate surface area is 124 Å². The number of fused-ring (bicyclic) bond motifs is 1. The van der Waals surface area contributed by atoms with Crippen molar-refractivity contribution in [2.45, 2.75) is 38.4 Å². The second kappa shape index (κ2) is 5.68. The van der Waals surface area contributed by atoms with E-state index in [9.17, 15) is 0 Å². The van der Waals surface area contributed by atoms with Crippen LogP contribution in [0, 0.1) is 0 Å². The van der Waals surface area contributed by atoms with Gasteiger partial charge in [0.05, 0.1) is 12.2 Å². The highest BCUT2D eigenvalue weighted by molar-refractivity contribution is 7.10. The van der Waals surface area contributed by atoms with Gasteiger partial charge < -0.3 is 5.73 Å². The summed E-state index contributed by atoms with van der Waals surface area (Å²) in [4.78, 5) is 4.05. The second-order valence-electron chi connectivity index (χ2n) is 5.55. The van der Waals surface area contributed by atoms with E-state index >= 15 is 0 Å². The van der Waals surface area contributed by atoms with Crippen LogP contribution in [0.5, 0.6) is 0 Å². The van der Waals surface area contributed by atoms with Gasteiger partial charge in [0.25, 0.3) is 0 Å². The quantitative estimate of drug-likeness (QED) is 0.940. The third-order valence-corrected chi connectivity index (χ3v) is 5.20. The summed E-state index contributed by atoms with van der Waals surface area (Å²) < 4.78 is 1.87. The van der Waals surface area contributed by atoms with Crippen molar-refractivity contribution in [3.63, 3.8) is 0 Å². The van der Waals surface area contributed by atoms with Crippen molar-refractivity contribution in [2.24, 2.45) is 12.8 Å². The van der Waals surface area contributed by atoms with Gasteiger partial charge in [0, 0.05) is 42.8 Å². The summed E-state index contributed by atoms with van der Waals surface area (Å²) in [5.74, 6) is 0. The molecule has 0 saturated heterocycles. The first-order valence-corrected chi connectivity index (χ1v) is 8.10. The van der Waals surface area contributed by atoms with Crippen molar-refractivity contribution in [3.05, 3.63) is 39.8 Å². The van der Waals surface area contributed by atoms with Gasteiger partial charge in [-0.3, -0.25) is 9.58 Å². The van der Waals surface area contributed by atoms with Gasteiger partial charge >= 0.3 is 0 Å². The van der Waals surface area contributed by atoms with E-state index < -0.39 is 0 Å². The van der Waals surface area contributed by atoms with Crippen LogP contribution in [0.1, 0.15) is 35.4 Å². The van der Waals surface area contributed by atoms with Crippen LogP contribution in [-0.4, -0.2) is 27.3 Å². The van der Waals surface area contributed by atoms with Gasteiger partial charge in [-0.25, -0.2) is 0 Å². The monoisotopic (exact) mass is 290 g/mol. The summed E-state index contributed by atoms with van der Waals surface area (Å²) in [6.45, 7) is 4.25. The molecule has 20 heavy (non-hydrogen) atoms. The molecule has 0 aliphatic carbocycles. The summed E-state index contributed by atoms with van der Waals surface area (Å²) in [6, 6.07) is 2.67. The number of hydrogen-bond donors (Lipinski definition) is 1. The number of rotatable bonds is 4. The molecular formula is C15H22N4S. The molecule has 0 aromatic carbocycles. The van der Waals surface area contributed by atoms with Crippen LogP contribution in [-0.2, 0) is 20.0 Å². The molecule has 2 atom stereocenters. The summed E-state index contributed by atoms with van der Waals surface area (Å²) in [6.07, 6.45) is 6.18. The van der Waals surface area contributed by atoms with Crippen LogP contribution in [0.15, 0.2) is 23.8 Å². The largest absolute Gasteiger partial charge is 0.326 e. The molecule has 0 amide bonds. The highest BCUT2D eigenvalue weighted by atomic mass is 32.1. The number of nitrogens with zero attached hydrogens (tertiary/aromatic N) is 3. The molecule has 2 aromatic heterocycles. The Morgan fingerprint density at radius 1 is 1.50 bits per heavy atom. The Morgan fingerprint density at radius 3 is 3.05 bits per heavy atom. The van der Waals surface area contributed by atoms with E-state index in [2.05, 4.69) is 34.6 Å². The predicted octanol–water partition coefficient (Wildman–Crippen LogP) is 2.32. The normalized spacial score (nSPS) is 18.8. The zero-order valence-corrected chi connectivity index (χ0v) is 12.9. The highest BCUT2D eigenvalue weighted by Crippen LogP contribution is 2.32. The maximum absolute atomic E-state index is 6.41. The van der Waals surface area contributed by atoms with Crippen molar-refractivity contribution in [2.75, 3.05) is 6.54 Å². The molecule has 0 radical (unpaired) electrons. The number of hydrogen-bond acceptors (Lipinski definition) is 4. The lowest BCUT2D eigenvalue weighted by Gasteiger charge is -2.37. The first-order chi connectivity index (χ1) is 9.69. The van der Waals surface area contributed by atoms with Crippen LogP contribution in [0.25, 0.3) is 0 Å². The fourth-order valence-corrected chi connectivity index (χ4v) is 3.94. The van der Waals surface area contributed by atoms with Gasteiger partial charge in [-0.2, -0.15) is 5.10 Å². The Morgan fingerprint density at radius 2 is 2.35 bits per heavy atom. The number of thiophene rings is 1. The lowest BCUT2D eigenvalue weighted by atomic mass is 9.96. The molecule has 0 bridgehead atoms. The van der Waals surface area contributed by atoms with E-state index in [0.29, 0.717) is 0 Å². The Bertz CT molecular complexity index is 574. The molecule has 3 heterocycles. The van der Waals surface area contributed by atoms with Gasteiger partial charge in [0.1, 0.15) is 0 Å². The van der Waals surface area contributed by atoms with Crippen molar-refractivity contribution >= 4 is 11.3 Å². The second-order valence-corrected chi connectivity index (χ2v) is 6.55. The number of aromatic nitrogens is 2. The molecule has 2 aromatic rings. The van der Waals surface area contributed by atoms with Gasteiger partial charge in [-0.15, -0.1) is 11.3 Å². The van der Waals surface area contributed by atoms with E-state index in [1.54, 1.807) is 0 Å².